The highest BCUT2D eigenvalue weighted by atomic mass is 32.1. The van der Waals surface area contributed by atoms with E-state index in [4.69, 9.17) is 4.74 Å². The highest BCUT2D eigenvalue weighted by Gasteiger charge is 2.27. The van der Waals surface area contributed by atoms with E-state index in [0.29, 0.717) is 29.4 Å². The van der Waals surface area contributed by atoms with Gasteiger partial charge in [0.05, 0.1) is 10.7 Å². The van der Waals surface area contributed by atoms with Gasteiger partial charge in [-0.3, -0.25) is 25.2 Å². The largest absolute Gasteiger partial charge is 0.484 e. The van der Waals surface area contributed by atoms with E-state index in [0.717, 1.165) is 34.9 Å². The zero-order valence-corrected chi connectivity index (χ0v) is 21.3. The molecule has 0 atom stereocenters. The Balaban J connectivity index is 1.23. The van der Waals surface area contributed by atoms with E-state index >= 15 is 0 Å². The molecule has 12 heteroatoms. The standard InChI is InChI=1S/C23H26N6O4S2/c1-13-4-5-17(10-14(13)2)33-11-19(30)29-8-6-16(7-9-29)23-24-18(12-34-23)21(31)26-27-22(32)20-15(3)25-28-35-20/h4-5,10,12,16H,6-9,11H2,1-3H3,(H,26,31)(H,27,32). The Morgan fingerprint density at radius 2 is 1.83 bits per heavy atom. The summed E-state index contributed by atoms with van der Waals surface area (Å²) >= 11 is 2.37. The number of nitrogens with zero attached hydrogens (tertiary/aromatic N) is 4. The molecule has 0 bridgehead atoms. The molecule has 2 N–H and O–H groups in total. The van der Waals surface area contributed by atoms with E-state index in [1.807, 2.05) is 36.9 Å². The number of ether oxygens (including phenoxy) is 1. The molecular weight excluding hydrogens is 488 g/mol. The van der Waals surface area contributed by atoms with Crippen LogP contribution < -0.4 is 15.6 Å². The summed E-state index contributed by atoms with van der Waals surface area (Å²) in [7, 11) is 0. The minimum atomic E-state index is -0.493. The van der Waals surface area contributed by atoms with Gasteiger partial charge in [-0.05, 0) is 68.4 Å². The molecule has 1 aromatic carbocycles. The molecule has 4 rings (SSSR count). The fourth-order valence-corrected chi connectivity index (χ4v) is 5.19. The number of hydrogen-bond donors (Lipinski definition) is 2. The third-order valence-electron chi connectivity index (χ3n) is 5.94. The quantitative estimate of drug-likeness (QED) is 0.484. The van der Waals surface area contributed by atoms with E-state index in [-0.39, 0.29) is 24.1 Å². The topological polar surface area (TPSA) is 126 Å². The van der Waals surface area contributed by atoms with Crippen molar-refractivity contribution in [1.29, 1.82) is 0 Å². The lowest BCUT2D eigenvalue weighted by Crippen LogP contribution is -2.41. The summed E-state index contributed by atoms with van der Waals surface area (Å²) in [5.41, 5.74) is 7.79. The fourth-order valence-electron chi connectivity index (χ4n) is 3.67. The van der Waals surface area contributed by atoms with Gasteiger partial charge in [0, 0.05) is 24.4 Å². The monoisotopic (exact) mass is 514 g/mol. The van der Waals surface area contributed by atoms with Crippen LogP contribution >= 0.6 is 22.9 Å². The Hall–Kier alpha value is -3.38. The van der Waals surface area contributed by atoms with Gasteiger partial charge in [0.2, 0.25) is 0 Å². The number of carbonyl (C=O) groups is 3. The van der Waals surface area contributed by atoms with Gasteiger partial charge in [0.25, 0.3) is 17.7 Å². The lowest BCUT2D eigenvalue weighted by molar-refractivity contribution is -0.134. The van der Waals surface area contributed by atoms with Crippen LogP contribution in [0.2, 0.25) is 0 Å². The van der Waals surface area contributed by atoms with Crippen LogP contribution in [0.25, 0.3) is 0 Å². The lowest BCUT2D eigenvalue weighted by atomic mass is 9.97. The molecule has 0 aliphatic carbocycles. The molecule has 0 spiro atoms. The van der Waals surface area contributed by atoms with Gasteiger partial charge in [-0.25, -0.2) is 4.98 Å². The molecule has 1 aliphatic rings. The van der Waals surface area contributed by atoms with Crippen LogP contribution in [0.15, 0.2) is 23.6 Å². The van der Waals surface area contributed by atoms with Crippen LogP contribution in [0, 0.1) is 20.8 Å². The van der Waals surface area contributed by atoms with Crippen molar-refractivity contribution in [2.75, 3.05) is 19.7 Å². The van der Waals surface area contributed by atoms with E-state index in [2.05, 4.69) is 25.4 Å². The first kappa shape index (κ1) is 24.7. The van der Waals surface area contributed by atoms with Gasteiger partial charge in [0.1, 0.15) is 16.3 Å². The second kappa shape index (κ2) is 10.9. The molecule has 3 aromatic rings. The van der Waals surface area contributed by atoms with Crippen molar-refractivity contribution in [3.63, 3.8) is 0 Å². The van der Waals surface area contributed by atoms with Crippen LogP contribution in [0.5, 0.6) is 5.75 Å². The number of rotatable bonds is 6. The summed E-state index contributed by atoms with van der Waals surface area (Å²) in [6, 6.07) is 5.80. The number of carbonyl (C=O) groups excluding carboxylic acids is 3. The molecule has 2 aromatic heterocycles. The summed E-state index contributed by atoms with van der Waals surface area (Å²) in [6.07, 6.45) is 1.52. The predicted molar refractivity (Wildman–Crippen MR) is 132 cm³/mol. The Morgan fingerprint density at radius 3 is 2.51 bits per heavy atom. The van der Waals surface area contributed by atoms with E-state index in [1.54, 1.807) is 12.3 Å². The molecule has 3 heterocycles. The molecule has 0 saturated carbocycles. The van der Waals surface area contributed by atoms with Crippen molar-refractivity contribution in [1.82, 2.24) is 30.3 Å². The highest BCUT2D eigenvalue weighted by molar-refractivity contribution is 7.10. The van der Waals surface area contributed by atoms with E-state index in [9.17, 15) is 14.4 Å². The molecule has 1 saturated heterocycles. The van der Waals surface area contributed by atoms with Crippen molar-refractivity contribution in [3.05, 3.63) is 56.0 Å². The number of likely N-dealkylation sites (tertiary alicyclic amines) is 1. The van der Waals surface area contributed by atoms with Gasteiger partial charge >= 0.3 is 0 Å². The molecule has 35 heavy (non-hydrogen) atoms. The summed E-state index contributed by atoms with van der Waals surface area (Å²) < 4.78 is 9.39. The number of aryl methyl sites for hydroxylation is 3. The first-order valence-electron chi connectivity index (χ1n) is 11.1. The Labute approximate surface area is 210 Å². The number of thiazole rings is 1. The molecule has 184 valence electrons. The van der Waals surface area contributed by atoms with Crippen molar-refractivity contribution < 1.29 is 19.1 Å². The van der Waals surface area contributed by atoms with E-state index < -0.39 is 11.8 Å². The number of aromatic nitrogens is 3. The molecule has 1 aliphatic heterocycles. The van der Waals surface area contributed by atoms with Crippen molar-refractivity contribution >= 4 is 40.6 Å². The third-order valence-corrected chi connectivity index (χ3v) is 7.77. The van der Waals surface area contributed by atoms with Gasteiger partial charge < -0.3 is 9.64 Å². The van der Waals surface area contributed by atoms with Gasteiger partial charge in [-0.2, -0.15) is 0 Å². The number of nitrogens with one attached hydrogen (secondary N) is 2. The highest BCUT2D eigenvalue weighted by Crippen LogP contribution is 2.30. The fraction of sp³-hybridized carbons (Fsp3) is 0.391. The maximum atomic E-state index is 12.6. The maximum absolute atomic E-state index is 12.6. The number of piperidine rings is 1. The van der Waals surface area contributed by atoms with Crippen molar-refractivity contribution in [3.8, 4) is 5.75 Å². The van der Waals surface area contributed by atoms with Crippen LogP contribution in [0.3, 0.4) is 0 Å². The molecule has 10 nitrogen and oxygen atoms in total. The number of hydrazine groups is 1. The van der Waals surface area contributed by atoms with Crippen LogP contribution in [0.4, 0.5) is 0 Å². The lowest BCUT2D eigenvalue weighted by Gasteiger charge is -2.31. The number of amides is 3. The molecular formula is C23H26N6O4S2. The molecule has 1 fully saturated rings. The molecule has 0 radical (unpaired) electrons. The van der Waals surface area contributed by atoms with Gasteiger partial charge in [0.15, 0.2) is 6.61 Å². The summed E-state index contributed by atoms with van der Waals surface area (Å²) in [5.74, 6) is -0.137. The Morgan fingerprint density at radius 1 is 1.09 bits per heavy atom. The van der Waals surface area contributed by atoms with Crippen LogP contribution in [0.1, 0.15) is 60.7 Å². The zero-order valence-electron chi connectivity index (χ0n) is 19.7. The molecule has 3 amide bonds. The van der Waals surface area contributed by atoms with Crippen LogP contribution in [-0.4, -0.2) is 56.9 Å². The maximum Gasteiger partial charge on any atom is 0.289 e. The average molecular weight is 515 g/mol. The Bertz CT molecular complexity index is 1230. The smallest absolute Gasteiger partial charge is 0.289 e. The SMILES string of the molecule is Cc1ccc(OCC(=O)N2CCC(c3nc(C(=O)NNC(=O)c4snnc4C)cs3)CC2)cc1C. The number of benzene rings is 1. The zero-order chi connectivity index (χ0) is 24.9. The molecule has 0 unspecified atom stereocenters. The van der Waals surface area contributed by atoms with E-state index in [1.165, 1.54) is 16.9 Å². The minimum Gasteiger partial charge on any atom is -0.484 e. The predicted octanol–water partition coefficient (Wildman–Crippen LogP) is 2.78. The normalized spacial score (nSPS) is 14.0. The van der Waals surface area contributed by atoms with Crippen molar-refractivity contribution in [2.24, 2.45) is 0 Å². The second-order valence-corrected chi connectivity index (χ2v) is 10.0. The third kappa shape index (κ3) is 6.01. The van der Waals surface area contributed by atoms with Crippen LogP contribution in [-0.2, 0) is 4.79 Å². The summed E-state index contributed by atoms with van der Waals surface area (Å²) in [4.78, 5) is 43.7. The summed E-state index contributed by atoms with van der Waals surface area (Å²) in [6.45, 7) is 6.95. The van der Waals surface area contributed by atoms with Gasteiger partial charge in [-0.1, -0.05) is 10.6 Å². The second-order valence-electron chi connectivity index (χ2n) is 8.36. The average Bonchev–Trinajstić information content (AvgIpc) is 3.52. The first-order valence-corrected chi connectivity index (χ1v) is 12.8. The Kier molecular flexibility index (Phi) is 7.71. The van der Waals surface area contributed by atoms with Crippen molar-refractivity contribution in [2.45, 2.75) is 39.5 Å². The first-order chi connectivity index (χ1) is 16.8. The number of hydrogen-bond acceptors (Lipinski definition) is 9. The van der Waals surface area contributed by atoms with Gasteiger partial charge in [-0.15, -0.1) is 16.4 Å². The summed E-state index contributed by atoms with van der Waals surface area (Å²) in [5, 5.41) is 6.30. The minimum absolute atomic E-state index is 0.0115.